The molecule has 3 rings (SSSR count). The number of carbonyl (C=O) groups excluding carboxylic acids is 1. The molecule has 1 aliphatic rings. The Bertz CT molecular complexity index is 927. The Morgan fingerprint density at radius 3 is 2.97 bits per heavy atom. The molecule has 2 N–H and O–H groups in total. The predicted octanol–water partition coefficient (Wildman–Crippen LogP) is 3.52. The zero-order chi connectivity index (χ0) is 21.5. The number of esters is 1. The Kier molecular flexibility index (Phi) is 7.61. The van der Waals surface area contributed by atoms with E-state index in [4.69, 9.17) is 33.3 Å². The maximum Gasteiger partial charge on any atom is 0.343 e. The first-order valence-corrected chi connectivity index (χ1v) is 9.90. The normalized spacial score (nSPS) is 13.5. The Morgan fingerprint density at radius 1 is 1.40 bits per heavy atom. The minimum Gasteiger partial charge on any atom is -0.466 e. The van der Waals surface area contributed by atoms with Gasteiger partial charge >= 0.3 is 5.97 Å². The average molecular weight is 455 g/mol. The molecule has 0 bridgehead atoms. The van der Waals surface area contributed by atoms with Gasteiger partial charge in [-0.15, -0.1) is 0 Å². The van der Waals surface area contributed by atoms with Crippen molar-refractivity contribution < 1.29 is 23.4 Å². The third-order valence-electron chi connectivity index (χ3n) is 4.13. The Labute approximate surface area is 183 Å². The molecule has 11 heteroatoms. The number of hydrogen-bond donors (Lipinski definition) is 2. The number of rotatable bonds is 6. The van der Waals surface area contributed by atoms with Crippen molar-refractivity contribution in [2.45, 2.75) is 12.8 Å². The van der Waals surface area contributed by atoms with Gasteiger partial charge in [-0.05, 0) is 43.3 Å². The number of aromatic nitrogens is 1. The smallest absolute Gasteiger partial charge is 0.343 e. The lowest BCUT2D eigenvalue weighted by atomic mass is 10.2. The number of anilines is 1. The van der Waals surface area contributed by atoms with Gasteiger partial charge in [0.05, 0.1) is 17.8 Å². The summed E-state index contributed by atoms with van der Waals surface area (Å²) in [6.45, 7) is 1.18. The molecule has 2 aromatic rings. The third kappa shape index (κ3) is 5.68. The number of halogens is 2. The van der Waals surface area contributed by atoms with Crippen LogP contribution >= 0.6 is 23.8 Å². The lowest BCUT2D eigenvalue weighted by molar-refractivity contribution is -0.143. The highest BCUT2D eigenvalue weighted by Gasteiger charge is 2.18. The molecule has 8 nitrogen and oxygen atoms in total. The zero-order valence-corrected chi connectivity index (χ0v) is 17.7. The van der Waals surface area contributed by atoms with Gasteiger partial charge in [-0.2, -0.15) is 0 Å². The number of hydrogen-bond acceptors (Lipinski definition) is 7. The molecule has 160 valence electrons. The zero-order valence-electron chi connectivity index (χ0n) is 16.1. The van der Waals surface area contributed by atoms with Crippen LogP contribution in [0, 0.1) is 5.82 Å². The predicted molar refractivity (Wildman–Crippen MR) is 113 cm³/mol. The van der Waals surface area contributed by atoms with Crippen LogP contribution in [0.3, 0.4) is 0 Å². The monoisotopic (exact) mass is 454 g/mol. The van der Waals surface area contributed by atoms with Crippen molar-refractivity contribution in [1.82, 2.24) is 15.4 Å². The van der Waals surface area contributed by atoms with E-state index in [0.29, 0.717) is 5.11 Å². The molecule has 1 saturated heterocycles. The van der Waals surface area contributed by atoms with Crippen molar-refractivity contribution in [3.8, 4) is 17.4 Å². The number of hydrazine groups is 1. The maximum atomic E-state index is 14.4. The molecule has 2 heterocycles. The number of carbonyl (C=O) groups is 1. The van der Waals surface area contributed by atoms with E-state index < -0.39 is 11.8 Å². The number of pyridine rings is 1. The molecule has 1 aromatic carbocycles. The van der Waals surface area contributed by atoms with E-state index in [2.05, 4.69) is 20.5 Å². The van der Waals surface area contributed by atoms with E-state index in [-0.39, 0.29) is 34.7 Å². The summed E-state index contributed by atoms with van der Waals surface area (Å²) in [6.07, 6.45) is 3.52. The minimum absolute atomic E-state index is 0.0443. The second kappa shape index (κ2) is 10.4. The van der Waals surface area contributed by atoms with E-state index in [9.17, 15) is 9.18 Å². The molecule has 0 amide bonds. The molecular formula is C19H20ClFN4O4S. The van der Waals surface area contributed by atoms with Gasteiger partial charge in [-0.25, -0.2) is 19.6 Å². The molecule has 1 fully saturated rings. The lowest BCUT2D eigenvalue weighted by Gasteiger charge is -2.30. The fourth-order valence-corrected chi connectivity index (χ4v) is 3.07. The van der Waals surface area contributed by atoms with Crippen LogP contribution in [0.4, 0.5) is 10.1 Å². The number of nitrogens with zero attached hydrogens (tertiary/aromatic N) is 2. The Hall–Kier alpha value is -2.69. The fraction of sp³-hybridized carbons (Fsp3) is 0.316. The van der Waals surface area contributed by atoms with Gasteiger partial charge in [0.1, 0.15) is 11.6 Å². The van der Waals surface area contributed by atoms with Crippen LogP contribution in [0.5, 0.6) is 17.4 Å². The molecule has 30 heavy (non-hydrogen) atoms. The van der Waals surface area contributed by atoms with E-state index in [0.717, 1.165) is 32.0 Å². The van der Waals surface area contributed by atoms with Crippen LogP contribution < -0.4 is 20.2 Å². The Balaban J connectivity index is 1.77. The number of methoxy groups -OCH3 is 1. The molecule has 0 unspecified atom stereocenters. The summed E-state index contributed by atoms with van der Waals surface area (Å²) in [5.74, 6) is -0.740. The summed E-state index contributed by atoms with van der Waals surface area (Å²) in [7, 11) is 1.25. The second-order valence-electron chi connectivity index (χ2n) is 6.23. The summed E-state index contributed by atoms with van der Waals surface area (Å²) in [5.41, 5.74) is 3.25. The van der Waals surface area contributed by atoms with Gasteiger partial charge in [0.15, 0.2) is 17.5 Å². The molecule has 0 atom stereocenters. The van der Waals surface area contributed by atoms with Crippen LogP contribution in [0.2, 0.25) is 5.02 Å². The molecular weight excluding hydrogens is 435 g/mol. The van der Waals surface area contributed by atoms with Crippen molar-refractivity contribution in [2.24, 2.45) is 0 Å². The van der Waals surface area contributed by atoms with Gasteiger partial charge in [-0.1, -0.05) is 11.6 Å². The first kappa shape index (κ1) is 22.0. The largest absolute Gasteiger partial charge is 0.466 e. The van der Waals surface area contributed by atoms with Crippen LogP contribution in [0.15, 0.2) is 30.5 Å². The summed E-state index contributed by atoms with van der Waals surface area (Å²) < 4.78 is 30.1. The van der Waals surface area contributed by atoms with Crippen LogP contribution in [-0.2, 0) is 9.53 Å². The molecule has 1 aliphatic heterocycles. The molecule has 0 spiro atoms. The van der Waals surface area contributed by atoms with Gasteiger partial charge in [0.25, 0.3) is 5.88 Å². The van der Waals surface area contributed by atoms with Crippen molar-refractivity contribution in [2.75, 3.05) is 32.1 Å². The highest BCUT2D eigenvalue weighted by atomic mass is 35.5. The minimum atomic E-state index is -0.583. The lowest BCUT2D eigenvalue weighted by Crippen LogP contribution is -2.48. The topological polar surface area (TPSA) is 85.0 Å². The molecule has 1 aromatic heterocycles. The SMILES string of the molecule is COC(=O)COc1ncccc1Oc1cc(NC(=S)N2CCCCN2)c(F)cc1Cl. The second-order valence-corrected chi connectivity index (χ2v) is 7.03. The van der Waals surface area contributed by atoms with Crippen LogP contribution in [-0.4, -0.2) is 47.9 Å². The highest BCUT2D eigenvalue weighted by molar-refractivity contribution is 7.80. The van der Waals surface area contributed by atoms with Gasteiger partial charge in [0.2, 0.25) is 0 Å². The number of benzene rings is 1. The molecule has 0 saturated carbocycles. The number of thiocarbonyl (C=S) groups is 1. The van der Waals surface area contributed by atoms with E-state index in [1.54, 1.807) is 17.1 Å². The average Bonchev–Trinajstić information content (AvgIpc) is 2.76. The summed E-state index contributed by atoms with van der Waals surface area (Å²) in [4.78, 5) is 15.4. The van der Waals surface area contributed by atoms with Crippen LogP contribution in [0.25, 0.3) is 0 Å². The highest BCUT2D eigenvalue weighted by Crippen LogP contribution is 2.36. The van der Waals surface area contributed by atoms with Crippen molar-refractivity contribution in [3.05, 3.63) is 41.3 Å². The van der Waals surface area contributed by atoms with Crippen molar-refractivity contribution in [1.29, 1.82) is 0 Å². The maximum absolute atomic E-state index is 14.4. The summed E-state index contributed by atoms with van der Waals surface area (Å²) >= 11 is 11.5. The summed E-state index contributed by atoms with van der Waals surface area (Å²) in [6, 6.07) is 5.71. The molecule has 0 radical (unpaired) electrons. The Morgan fingerprint density at radius 2 is 2.23 bits per heavy atom. The number of nitrogens with one attached hydrogen (secondary N) is 2. The van der Waals surface area contributed by atoms with E-state index >= 15 is 0 Å². The van der Waals surface area contributed by atoms with E-state index in [1.165, 1.54) is 19.4 Å². The third-order valence-corrected chi connectivity index (χ3v) is 4.75. The quantitative estimate of drug-likeness (QED) is 0.503. The van der Waals surface area contributed by atoms with Crippen molar-refractivity contribution in [3.63, 3.8) is 0 Å². The van der Waals surface area contributed by atoms with Crippen LogP contribution in [0.1, 0.15) is 12.8 Å². The van der Waals surface area contributed by atoms with E-state index in [1.807, 2.05) is 0 Å². The van der Waals surface area contributed by atoms with Gasteiger partial charge in [0, 0.05) is 25.4 Å². The standard InChI is InChI=1S/C19H20ClFN4O4S/c1-27-17(26)11-28-18-15(5-4-6-22-18)29-16-10-14(13(21)9-12(16)20)24-19(30)25-8-3-2-7-23-25/h4-6,9-10,23H,2-3,7-8,11H2,1H3,(H,24,30). The fourth-order valence-electron chi connectivity index (χ4n) is 2.61. The first-order valence-electron chi connectivity index (χ1n) is 9.11. The first-order chi connectivity index (χ1) is 14.5. The number of ether oxygens (including phenoxy) is 3. The molecule has 0 aliphatic carbocycles. The van der Waals surface area contributed by atoms with Gasteiger partial charge < -0.3 is 19.5 Å². The summed E-state index contributed by atoms with van der Waals surface area (Å²) in [5, 5.41) is 5.01. The van der Waals surface area contributed by atoms with Gasteiger partial charge in [-0.3, -0.25) is 5.01 Å². The van der Waals surface area contributed by atoms with Crippen molar-refractivity contribution >= 4 is 40.6 Å².